The number of benzene rings is 1. The fraction of sp³-hybridized carbons (Fsp3) is 0.417. The Bertz CT molecular complexity index is 498. The molecule has 20 heavy (non-hydrogen) atoms. The molecule has 1 atom stereocenters. The number of hydrogen-bond acceptors (Lipinski definition) is 6. The molecule has 0 spiro atoms. The summed E-state index contributed by atoms with van der Waals surface area (Å²) >= 11 is 7.38. The number of nitrogens with zero attached hydrogens (tertiary/aromatic N) is 1. The first kappa shape index (κ1) is 16.7. The molecule has 1 rings (SSSR count). The zero-order chi connectivity index (χ0) is 15.1. The minimum atomic E-state index is -0.684. The van der Waals surface area contributed by atoms with Crippen molar-refractivity contribution >= 4 is 35.0 Å². The summed E-state index contributed by atoms with van der Waals surface area (Å²) in [5.74, 6) is 0.477. The summed E-state index contributed by atoms with van der Waals surface area (Å²) in [7, 11) is 0. The molecule has 0 amide bonds. The van der Waals surface area contributed by atoms with E-state index in [2.05, 4.69) is 0 Å². The highest BCUT2D eigenvalue weighted by atomic mass is 35.5. The SMILES string of the molecule is CCOC(=O)C(N)CSCc1ccc([N+](=O)[O-])cc1Cl. The Hall–Kier alpha value is -1.31. The van der Waals surface area contributed by atoms with Gasteiger partial charge in [-0.05, 0) is 18.6 Å². The predicted octanol–water partition coefficient (Wildman–Crippen LogP) is 2.37. The van der Waals surface area contributed by atoms with E-state index in [4.69, 9.17) is 22.1 Å². The molecule has 0 aliphatic rings. The van der Waals surface area contributed by atoms with Crippen LogP contribution in [0.1, 0.15) is 12.5 Å². The third kappa shape index (κ3) is 4.99. The van der Waals surface area contributed by atoms with Crippen LogP contribution in [-0.4, -0.2) is 29.3 Å². The van der Waals surface area contributed by atoms with E-state index in [1.54, 1.807) is 13.0 Å². The summed E-state index contributed by atoms with van der Waals surface area (Å²) in [5, 5.41) is 10.9. The van der Waals surface area contributed by atoms with E-state index in [0.717, 1.165) is 5.56 Å². The van der Waals surface area contributed by atoms with Gasteiger partial charge in [0.1, 0.15) is 6.04 Å². The van der Waals surface area contributed by atoms with Crippen LogP contribution in [0.5, 0.6) is 0 Å². The first-order chi connectivity index (χ1) is 9.45. The van der Waals surface area contributed by atoms with Crippen molar-refractivity contribution in [3.63, 3.8) is 0 Å². The lowest BCUT2D eigenvalue weighted by molar-refractivity contribution is -0.384. The highest BCUT2D eigenvalue weighted by Gasteiger charge is 2.15. The van der Waals surface area contributed by atoms with Crippen LogP contribution in [0.15, 0.2) is 18.2 Å². The summed E-state index contributed by atoms with van der Waals surface area (Å²) in [6.45, 7) is 2.01. The molecule has 0 saturated carbocycles. The molecular weight excluding hydrogens is 304 g/mol. The van der Waals surface area contributed by atoms with Crippen molar-refractivity contribution < 1.29 is 14.5 Å². The van der Waals surface area contributed by atoms with E-state index in [-0.39, 0.29) is 5.69 Å². The summed E-state index contributed by atoms with van der Waals surface area (Å²) in [6.07, 6.45) is 0. The van der Waals surface area contributed by atoms with Crippen LogP contribution < -0.4 is 5.73 Å². The summed E-state index contributed by atoms with van der Waals surface area (Å²) in [6, 6.07) is 3.62. The maximum atomic E-state index is 11.3. The Balaban J connectivity index is 2.50. The largest absolute Gasteiger partial charge is 0.465 e. The number of nitro benzene ring substituents is 1. The standard InChI is InChI=1S/C12H15ClN2O4S/c1-2-19-12(16)11(14)7-20-6-8-3-4-9(15(17)18)5-10(8)13/h3-5,11H,2,6-7,14H2,1H3. The van der Waals surface area contributed by atoms with Crippen molar-refractivity contribution in [1.29, 1.82) is 0 Å². The van der Waals surface area contributed by atoms with Gasteiger partial charge in [0.05, 0.1) is 16.6 Å². The van der Waals surface area contributed by atoms with E-state index >= 15 is 0 Å². The Morgan fingerprint density at radius 2 is 2.30 bits per heavy atom. The van der Waals surface area contributed by atoms with Gasteiger partial charge >= 0.3 is 5.97 Å². The van der Waals surface area contributed by atoms with Gasteiger partial charge in [-0.2, -0.15) is 11.8 Å². The average Bonchev–Trinajstić information content (AvgIpc) is 2.40. The van der Waals surface area contributed by atoms with E-state index in [1.807, 2.05) is 0 Å². The second-order valence-corrected chi connectivity index (χ2v) is 5.34. The maximum absolute atomic E-state index is 11.3. The van der Waals surface area contributed by atoms with E-state index in [0.29, 0.717) is 23.1 Å². The molecule has 0 aliphatic carbocycles. The third-order valence-corrected chi connectivity index (χ3v) is 3.85. The molecule has 0 radical (unpaired) electrons. The van der Waals surface area contributed by atoms with Crippen molar-refractivity contribution in [2.24, 2.45) is 5.73 Å². The molecule has 1 aromatic rings. The maximum Gasteiger partial charge on any atom is 0.323 e. The average molecular weight is 319 g/mol. The Labute approximate surface area is 125 Å². The molecule has 0 fully saturated rings. The quantitative estimate of drug-likeness (QED) is 0.471. The van der Waals surface area contributed by atoms with Crippen LogP contribution in [0, 0.1) is 10.1 Å². The van der Waals surface area contributed by atoms with Crippen molar-refractivity contribution in [3.05, 3.63) is 38.9 Å². The highest BCUT2D eigenvalue weighted by molar-refractivity contribution is 7.98. The number of carbonyl (C=O) groups is 1. The third-order valence-electron chi connectivity index (χ3n) is 2.39. The molecule has 0 saturated heterocycles. The van der Waals surface area contributed by atoms with E-state index in [9.17, 15) is 14.9 Å². The van der Waals surface area contributed by atoms with Gasteiger partial charge in [0.25, 0.3) is 5.69 Å². The second-order valence-electron chi connectivity index (χ2n) is 3.91. The Morgan fingerprint density at radius 3 is 2.85 bits per heavy atom. The minimum Gasteiger partial charge on any atom is -0.465 e. The van der Waals surface area contributed by atoms with Crippen LogP contribution in [0.2, 0.25) is 5.02 Å². The number of rotatable bonds is 7. The van der Waals surface area contributed by atoms with Gasteiger partial charge in [0.2, 0.25) is 0 Å². The van der Waals surface area contributed by atoms with Crippen LogP contribution in [-0.2, 0) is 15.3 Å². The van der Waals surface area contributed by atoms with Gasteiger partial charge in [-0.1, -0.05) is 11.6 Å². The molecule has 8 heteroatoms. The summed E-state index contributed by atoms with van der Waals surface area (Å²) in [5.41, 5.74) is 6.36. The molecule has 1 unspecified atom stereocenters. The molecule has 1 aromatic carbocycles. The number of halogens is 1. The first-order valence-electron chi connectivity index (χ1n) is 5.88. The predicted molar refractivity (Wildman–Crippen MR) is 78.9 cm³/mol. The number of ether oxygens (including phenoxy) is 1. The van der Waals surface area contributed by atoms with Crippen molar-refractivity contribution in [2.45, 2.75) is 18.7 Å². The molecule has 0 heterocycles. The topological polar surface area (TPSA) is 95.5 Å². The van der Waals surface area contributed by atoms with Crippen LogP contribution in [0.4, 0.5) is 5.69 Å². The fourth-order valence-corrected chi connectivity index (χ4v) is 2.68. The minimum absolute atomic E-state index is 0.0491. The summed E-state index contributed by atoms with van der Waals surface area (Å²) < 4.78 is 4.79. The fourth-order valence-electron chi connectivity index (χ4n) is 1.38. The van der Waals surface area contributed by atoms with Gasteiger partial charge in [0, 0.05) is 23.6 Å². The smallest absolute Gasteiger partial charge is 0.323 e. The molecular formula is C12H15ClN2O4S. The lowest BCUT2D eigenvalue weighted by Crippen LogP contribution is -2.34. The lowest BCUT2D eigenvalue weighted by Gasteiger charge is -2.10. The Morgan fingerprint density at radius 1 is 1.60 bits per heavy atom. The molecule has 2 N–H and O–H groups in total. The van der Waals surface area contributed by atoms with Crippen LogP contribution >= 0.6 is 23.4 Å². The number of nitrogens with two attached hydrogens (primary N) is 1. The van der Waals surface area contributed by atoms with Gasteiger partial charge in [-0.15, -0.1) is 0 Å². The number of nitro groups is 1. The van der Waals surface area contributed by atoms with Gasteiger partial charge in [0.15, 0.2) is 0 Å². The van der Waals surface area contributed by atoms with Gasteiger partial charge < -0.3 is 10.5 Å². The zero-order valence-corrected chi connectivity index (χ0v) is 12.4. The van der Waals surface area contributed by atoms with Crippen molar-refractivity contribution in [3.8, 4) is 0 Å². The van der Waals surface area contributed by atoms with E-state index in [1.165, 1.54) is 23.9 Å². The normalized spacial score (nSPS) is 11.9. The molecule has 0 aliphatic heterocycles. The Kier molecular flexibility index (Phi) is 6.77. The highest BCUT2D eigenvalue weighted by Crippen LogP contribution is 2.25. The van der Waals surface area contributed by atoms with E-state index < -0.39 is 16.9 Å². The number of hydrogen-bond donors (Lipinski definition) is 1. The van der Waals surface area contributed by atoms with Gasteiger partial charge in [-0.25, -0.2) is 0 Å². The molecule has 0 bridgehead atoms. The zero-order valence-electron chi connectivity index (χ0n) is 10.9. The number of esters is 1. The second kappa shape index (κ2) is 8.08. The molecule has 110 valence electrons. The van der Waals surface area contributed by atoms with Crippen molar-refractivity contribution in [1.82, 2.24) is 0 Å². The number of carbonyl (C=O) groups excluding carboxylic acids is 1. The van der Waals surface area contributed by atoms with Crippen LogP contribution in [0.25, 0.3) is 0 Å². The van der Waals surface area contributed by atoms with Crippen molar-refractivity contribution in [2.75, 3.05) is 12.4 Å². The monoisotopic (exact) mass is 318 g/mol. The lowest BCUT2D eigenvalue weighted by atomic mass is 10.2. The molecule has 6 nitrogen and oxygen atoms in total. The molecule has 0 aromatic heterocycles. The number of thioether (sulfide) groups is 1. The number of non-ortho nitro benzene ring substituents is 1. The van der Waals surface area contributed by atoms with Crippen LogP contribution in [0.3, 0.4) is 0 Å². The first-order valence-corrected chi connectivity index (χ1v) is 7.41. The van der Waals surface area contributed by atoms with Gasteiger partial charge in [-0.3, -0.25) is 14.9 Å². The summed E-state index contributed by atoms with van der Waals surface area (Å²) in [4.78, 5) is 21.4.